The fraction of sp³-hybridized carbons (Fsp3) is 0.133. The molecule has 2 heterocycles. The first-order valence-electron chi connectivity index (χ1n) is 6.53. The van der Waals surface area contributed by atoms with Crippen LogP contribution < -0.4 is 5.32 Å². The van der Waals surface area contributed by atoms with Crippen molar-refractivity contribution < 1.29 is 4.79 Å². The first-order valence-corrected chi connectivity index (χ1v) is 8.16. The van der Waals surface area contributed by atoms with Crippen LogP contribution in [-0.4, -0.2) is 21.3 Å². The smallest absolute Gasteiger partial charge is 0.239 e. The number of rotatable bonds is 3. The number of hydrogen-bond donors (Lipinski definition) is 1. The number of nitrogens with one attached hydrogen (secondary N) is 1. The number of aliphatic imine (C=N–C) groups is 1. The Bertz CT molecular complexity index is 737. The van der Waals surface area contributed by atoms with Gasteiger partial charge in [0, 0.05) is 16.2 Å². The lowest BCUT2D eigenvalue weighted by Crippen LogP contribution is -2.26. The Morgan fingerprint density at radius 1 is 1.27 bits per heavy atom. The van der Waals surface area contributed by atoms with E-state index in [2.05, 4.69) is 15.3 Å². The Kier molecular flexibility index (Phi) is 4.66. The van der Waals surface area contributed by atoms with Crippen LogP contribution in [0.5, 0.6) is 0 Å². The van der Waals surface area contributed by atoms with Gasteiger partial charge in [0.05, 0.1) is 5.25 Å². The van der Waals surface area contributed by atoms with E-state index < -0.39 is 0 Å². The summed E-state index contributed by atoms with van der Waals surface area (Å²) in [4.78, 5) is 20.5. The van der Waals surface area contributed by atoms with Gasteiger partial charge in [0.2, 0.25) is 5.91 Å². The molecule has 0 unspecified atom stereocenters. The second-order valence-corrected chi connectivity index (χ2v) is 6.68. The average Bonchev–Trinajstić information content (AvgIpc) is 2.84. The van der Waals surface area contributed by atoms with Gasteiger partial charge in [-0.1, -0.05) is 41.0 Å². The number of pyridine rings is 1. The van der Waals surface area contributed by atoms with Crippen molar-refractivity contribution in [2.24, 2.45) is 4.99 Å². The van der Waals surface area contributed by atoms with Gasteiger partial charge in [0.15, 0.2) is 11.0 Å². The van der Waals surface area contributed by atoms with Gasteiger partial charge in [-0.3, -0.25) is 4.79 Å². The van der Waals surface area contributed by atoms with Crippen LogP contribution in [0.25, 0.3) is 0 Å². The maximum absolute atomic E-state index is 12.1. The van der Waals surface area contributed by atoms with Gasteiger partial charge >= 0.3 is 0 Å². The van der Waals surface area contributed by atoms with Crippen LogP contribution in [0.2, 0.25) is 10.0 Å². The molecule has 1 amide bonds. The van der Waals surface area contributed by atoms with Gasteiger partial charge < -0.3 is 5.32 Å². The van der Waals surface area contributed by atoms with Crippen molar-refractivity contribution in [1.82, 2.24) is 10.3 Å². The molecule has 1 aromatic carbocycles. The minimum absolute atomic E-state index is 0.0873. The number of halogens is 2. The summed E-state index contributed by atoms with van der Waals surface area (Å²) in [5, 5.41) is 4.24. The van der Waals surface area contributed by atoms with Crippen molar-refractivity contribution in [3.8, 4) is 0 Å². The SMILES string of the molecule is O=C1N/C(=N\c2ccccn2)S[C@@H]1Cc1cc(Cl)ccc1Cl. The van der Waals surface area contributed by atoms with E-state index in [0.717, 1.165) is 5.56 Å². The van der Waals surface area contributed by atoms with Crippen LogP contribution in [-0.2, 0) is 11.2 Å². The van der Waals surface area contributed by atoms with Gasteiger partial charge in [-0.25, -0.2) is 9.98 Å². The van der Waals surface area contributed by atoms with Crippen molar-refractivity contribution in [1.29, 1.82) is 0 Å². The highest BCUT2D eigenvalue weighted by atomic mass is 35.5. The van der Waals surface area contributed by atoms with E-state index in [9.17, 15) is 4.79 Å². The highest BCUT2D eigenvalue weighted by Crippen LogP contribution is 2.29. The lowest BCUT2D eigenvalue weighted by molar-refractivity contribution is -0.118. The lowest BCUT2D eigenvalue weighted by atomic mass is 10.1. The van der Waals surface area contributed by atoms with Crippen molar-refractivity contribution in [2.75, 3.05) is 0 Å². The number of amides is 1. The Hall–Kier alpha value is -1.56. The summed E-state index contributed by atoms with van der Waals surface area (Å²) in [5.41, 5.74) is 0.848. The van der Waals surface area contributed by atoms with Crippen LogP contribution in [0.15, 0.2) is 47.6 Å². The van der Waals surface area contributed by atoms with Gasteiger partial charge in [0.25, 0.3) is 0 Å². The monoisotopic (exact) mass is 351 g/mol. The number of amidine groups is 1. The molecule has 1 aliphatic heterocycles. The molecule has 1 atom stereocenters. The number of nitrogens with zero attached hydrogens (tertiary/aromatic N) is 2. The minimum atomic E-state index is -0.279. The predicted octanol–water partition coefficient (Wildman–Crippen LogP) is 3.85. The van der Waals surface area contributed by atoms with Gasteiger partial charge in [-0.05, 0) is 42.3 Å². The van der Waals surface area contributed by atoms with Crippen molar-refractivity contribution >= 4 is 51.9 Å². The Balaban J connectivity index is 1.75. The average molecular weight is 352 g/mol. The molecule has 1 saturated heterocycles. The highest BCUT2D eigenvalue weighted by molar-refractivity contribution is 8.15. The molecule has 1 N–H and O–H groups in total. The Labute approximate surface area is 141 Å². The number of hydrogen-bond acceptors (Lipinski definition) is 4. The molecule has 3 rings (SSSR count). The number of carbonyl (C=O) groups excluding carboxylic acids is 1. The third kappa shape index (κ3) is 3.61. The summed E-state index contributed by atoms with van der Waals surface area (Å²) in [6.07, 6.45) is 2.15. The molecule has 0 spiro atoms. The molecule has 0 radical (unpaired) electrons. The molecule has 1 fully saturated rings. The third-order valence-corrected chi connectivity index (χ3v) is 4.74. The minimum Gasteiger partial charge on any atom is -0.304 e. The fourth-order valence-corrected chi connectivity index (χ4v) is 3.41. The van der Waals surface area contributed by atoms with E-state index in [4.69, 9.17) is 23.2 Å². The molecule has 112 valence electrons. The molecular weight excluding hydrogens is 341 g/mol. The number of thioether (sulfide) groups is 1. The van der Waals surface area contributed by atoms with Crippen molar-refractivity contribution in [2.45, 2.75) is 11.7 Å². The van der Waals surface area contributed by atoms with Crippen LogP contribution in [0.4, 0.5) is 5.82 Å². The third-order valence-electron chi connectivity index (χ3n) is 3.05. The van der Waals surface area contributed by atoms with Gasteiger partial charge in [0.1, 0.15) is 0 Å². The standard InChI is InChI=1S/C15H11Cl2N3OS/c16-10-4-5-11(17)9(7-10)8-12-14(21)20-15(22-12)19-13-3-1-2-6-18-13/h1-7,12H,8H2,(H,18,19,20,21)/t12-/m1/s1. The van der Waals surface area contributed by atoms with E-state index in [1.807, 2.05) is 12.1 Å². The van der Waals surface area contributed by atoms with Crippen LogP contribution in [0.1, 0.15) is 5.56 Å². The zero-order chi connectivity index (χ0) is 15.5. The van der Waals surface area contributed by atoms with Crippen molar-refractivity contribution in [3.05, 3.63) is 58.2 Å². The number of carbonyl (C=O) groups is 1. The molecule has 22 heavy (non-hydrogen) atoms. The Morgan fingerprint density at radius 3 is 2.91 bits per heavy atom. The van der Waals surface area contributed by atoms with E-state index in [-0.39, 0.29) is 11.2 Å². The van der Waals surface area contributed by atoms with E-state index in [1.54, 1.807) is 30.5 Å². The Morgan fingerprint density at radius 2 is 2.14 bits per heavy atom. The van der Waals surface area contributed by atoms with Crippen LogP contribution >= 0.6 is 35.0 Å². The van der Waals surface area contributed by atoms with Crippen LogP contribution in [0, 0.1) is 0 Å². The van der Waals surface area contributed by atoms with Crippen LogP contribution in [0.3, 0.4) is 0 Å². The second kappa shape index (κ2) is 6.69. The molecule has 0 aliphatic carbocycles. The molecule has 7 heteroatoms. The maximum Gasteiger partial charge on any atom is 0.239 e. The molecule has 0 saturated carbocycles. The largest absolute Gasteiger partial charge is 0.304 e. The highest BCUT2D eigenvalue weighted by Gasteiger charge is 2.31. The quantitative estimate of drug-likeness (QED) is 0.913. The topological polar surface area (TPSA) is 54.4 Å². The van der Waals surface area contributed by atoms with E-state index in [1.165, 1.54) is 11.8 Å². The molecular formula is C15H11Cl2N3OS. The molecule has 0 bridgehead atoms. The predicted molar refractivity (Wildman–Crippen MR) is 91.0 cm³/mol. The van der Waals surface area contributed by atoms with Gasteiger partial charge in [-0.15, -0.1) is 0 Å². The normalized spacial score (nSPS) is 19.5. The number of benzene rings is 1. The number of aromatic nitrogens is 1. The maximum atomic E-state index is 12.1. The lowest BCUT2D eigenvalue weighted by Gasteiger charge is -2.07. The van der Waals surface area contributed by atoms with Crippen molar-refractivity contribution in [3.63, 3.8) is 0 Å². The first kappa shape index (κ1) is 15.3. The summed E-state index contributed by atoms with van der Waals surface area (Å²) in [6, 6.07) is 10.7. The van der Waals surface area contributed by atoms with E-state index in [0.29, 0.717) is 27.5 Å². The summed E-state index contributed by atoms with van der Waals surface area (Å²) in [7, 11) is 0. The van der Waals surface area contributed by atoms with E-state index >= 15 is 0 Å². The zero-order valence-corrected chi connectivity index (χ0v) is 13.6. The van der Waals surface area contributed by atoms with Gasteiger partial charge in [-0.2, -0.15) is 0 Å². The summed E-state index contributed by atoms with van der Waals surface area (Å²) in [5.74, 6) is 0.475. The first-order chi connectivity index (χ1) is 10.6. The second-order valence-electron chi connectivity index (χ2n) is 4.64. The summed E-state index contributed by atoms with van der Waals surface area (Å²) in [6.45, 7) is 0. The molecule has 1 aromatic heterocycles. The molecule has 4 nitrogen and oxygen atoms in total. The molecule has 1 aliphatic rings. The molecule has 2 aromatic rings. The summed E-state index contributed by atoms with van der Waals surface area (Å²) >= 11 is 13.5. The zero-order valence-electron chi connectivity index (χ0n) is 11.3. The summed E-state index contributed by atoms with van der Waals surface area (Å²) < 4.78 is 0. The fourth-order valence-electron chi connectivity index (χ4n) is 2.02.